The Balaban J connectivity index is 1.84. The number of aromatic nitrogens is 1. The maximum Gasteiger partial charge on any atom is 0.129 e. The van der Waals surface area contributed by atoms with Crippen molar-refractivity contribution in [1.29, 1.82) is 0 Å². The Labute approximate surface area is 153 Å². The van der Waals surface area contributed by atoms with Gasteiger partial charge in [-0.05, 0) is 36.7 Å². The molecule has 1 N–H and O–H groups in total. The lowest BCUT2D eigenvalue weighted by atomic mass is 10.1. The first kappa shape index (κ1) is 17.6. The van der Waals surface area contributed by atoms with Crippen LogP contribution in [0.3, 0.4) is 0 Å². The molecule has 0 saturated carbocycles. The van der Waals surface area contributed by atoms with Gasteiger partial charge in [-0.15, -0.1) is 11.3 Å². The molecular weight excluding hydrogens is 328 g/mol. The van der Waals surface area contributed by atoms with Gasteiger partial charge in [-0.25, -0.2) is 4.98 Å². The van der Waals surface area contributed by atoms with E-state index in [-0.39, 0.29) is 0 Å². The second-order valence-electron chi connectivity index (χ2n) is 5.94. The van der Waals surface area contributed by atoms with E-state index in [0.29, 0.717) is 6.61 Å². The van der Waals surface area contributed by atoms with E-state index in [0.717, 1.165) is 41.4 Å². The summed E-state index contributed by atoms with van der Waals surface area (Å²) in [7, 11) is 1.97. The molecule has 0 aliphatic carbocycles. The minimum Gasteiger partial charge on any atom is -0.488 e. The monoisotopic (exact) mass is 352 g/mol. The molecule has 0 unspecified atom stereocenters. The van der Waals surface area contributed by atoms with Crippen LogP contribution in [0, 0.1) is 0 Å². The molecule has 3 nitrogen and oxygen atoms in total. The fraction of sp³-hybridized carbons (Fsp3) is 0.286. The number of likely N-dealkylation sites (N-methyl/N-ethyl adjacent to an activating group) is 1. The van der Waals surface area contributed by atoms with E-state index in [2.05, 4.69) is 48.0 Å². The van der Waals surface area contributed by atoms with Crippen LogP contribution in [0.15, 0.2) is 53.9 Å². The predicted molar refractivity (Wildman–Crippen MR) is 105 cm³/mol. The van der Waals surface area contributed by atoms with Crippen molar-refractivity contribution >= 4 is 11.3 Å². The molecule has 0 spiro atoms. The third kappa shape index (κ3) is 4.68. The van der Waals surface area contributed by atoms with Crippen LogP contribution in [0.2, 0.25) is 0 Å². The normalized spacial score (nSPS) is 10.8. The van der Waals surface area contributed by atoms with Crippen LogP contribution in [0.25, 0.3) is 11.3 Å². The third-order valence-corrected chi connectivity index (χ3v) is 5.01. The first-order valence-electron chi connectivity index (χ1n) is 8.69. The Morgan fingerprint density at radius 3 is 2.68 bits per heavy atom. The summed E-state index contributed by atoms with van der Waals surface area (Å²) in [5, 5.41) is 6.46. The topological polar surface area (TPSA) is 34.1 Å². The number of nitrogens with zero attached hydrogens (tertiary/aromatic N) is 1. The fourth-order valence-electron chi connectivity index (χ4n) is 2.64. The molecule has 2 aromatic carbocycles. The summed E-state index contributed by atoms with van der Waals surface area (Å²) in [5.41, 5.74) is 4.56. The van der Waals surface area contributed by atoms with Crippen LogP contribution in [-0.2, 0) is 19.4 Å². The lowest BCUT2D eigenvalue weighted by Gasteiger charge is -2.12. The highest BCUT2D eigenvalue weighted by Gasteiger charge is 2.12. The maximum atomic E-state index is 6.12. The molecule has 0 radical (unpaired) electrons. The van der Waals surface area contributed by atoms with Crippen LogP contribution >= 0.6 is 11.3 Å². The average Bonchev–Trinajstić information content (AvgIpc) is 3.14. The van der Waals surface area contributed by atoms with Gasteiger partial charge in [0.2, 0.25) is 0 Å². The van der Waals surface area contributed by atoms with E-state index in [1.165, 1.54) is 11.1 Å². The van der Waals surface area contributed by atoms with Gasteiger partial charge in [-0.2, -0.15) is 0 Å². The molecule has 3 aromatic rings. The number of nitrogens with one attached hydrogen (secondary N) is 1. The Bertz CT molecular complexity index is 799. The lowest BCUT2D eigenvalue weighted by Crippen LogP contribution is -2.09. The largest absolute Gasteiger partial charge is 0.488 e. The van der Waals surface area contributed by atoms with Crippen LogP contribution in [0.4, 0.5) is 0 Å². The van der Waals surface area contributed by atoms with Gasteiger partial charge in [-0.1, -0.05) is 43.3 Å². The van der Waals surface area contributed by atoms with Gasteiger partial charge >= 0.3 is 0 Å². The highest BCUT2D eigenvalue weighted by atomic mass is 32.1. The van der Waals surface area contributed by atoms with Crippen LogP contribution in [-0.4, -0.2) is 18.6 Å². The number of hydrogen-bond donors (Lipinski definition) is 1. The number of aryl methyl sites for hydroxylation is 1. The van der Waals surface area contributed by atoms with E-state index in [4.69, 9.17) is 9.72 Å². The van der Waals surface area contributed by atoms with Crippen molar-refractivity contribution in [2.75, 3.05) is 13.6 Å². The summed E-state index contributed by atoms with van der Waals surface area (Å²) >= 11 is 1.71. The number of rotatable bonds is 8. The zero-order chi connectivity index (χ0) is 17.5. The Morgan fingerprint density at radius 2 is 1.92 bits per heavy atom. The summed E-state index contributed by atoms with van der Waals surface area (Å²) in [5.74, 6) is 0.895. The fourth-order valence-corrected chi connectivity index (χ4v) is 3.44. The molecular formula is C21H24N2OS. The van der Waals surface area contributed by atoms with Crippen molar-refractivity contribution in [3.63, 3.8) is 0 Å². The quantitative estimate of drug-likeness (QED) is 0.637. The van der Waals surface area contributed by atoms with Crippen LogP contribution in [0.1, 0.15) is 23.1 Å². The number of ether oxygens (including phenoxy) is 1. The van der Waals surface area contributed by atoms with Crippen molar-refractivity contribution in [2.45, 2.75) is 26.4 Å². The molecule has 0 aliphatic heterocycles. The molecule has 25 heavy (non-hydrogen) atoms. The molecule has 0 fully saturated rings. The summed E-state index contributed by atoms with van der Waals surface area (Å²) in [6, 6.07) is 16.7. The number of thiazole rings is 1. The predicted octanol–water partition coefficient (Wildman–Crippen LogP) is 4.71. The molecule has 0 amide bonds. The van der Waals surface area contributed by atoms with Crippen molar-refractivity contribution in [1.82, 2.24) is 10.3 Å². The van der Waals surface area contributed by atoms with Crippen LogP contribution in [0.5, 0.6) is 5.75 Å². The van der Waals surface area contributed by atoms with Gasteiger partial charge in [0.25, 0.3) is 0 Å². The summed E-state index contributed by atoms with van der Waals surface area (Å²) in [6.07, 6.45) is 1.96. The molecule has 0 saturated heterocycles. The SMILES string of the molecule is CCc1ccc(OCc2ccccc2)c(-c2csc(CCNC)n2)c1. The molecule has 1 aromatic heterocycles. The smallest absolute Gasteiger partial charge is 0.129 e. The molecule has 0 atom stereocenters. The second-order valence-corrected chi connectivity index (χ2v) is 6.88. The minimum absolute atomic E-state index is 0.566. The Morgan fingerprint density at radius 1 is 1.08 bits per heavy atom. The second kappa shape index (κ2) is 8.79. The summed E-state index contributed by atoms with van der Waals surface area (Å²) in [6.45, 7) is 3.68. The lowest BCUT2D eigenvalue weighted by molar-refractivity contribution is 0.307. The van der Waals surface area contributed by atoms with Gasteiger partial charge in [-0.3, -0.25) is 0 Å². The summed E-state index contributed by atoms with van der Waals surface area (Å²) < 4.78 is 6.12. The van der Waals surface area contributed by atoms with Crippen molar-refractivity contribution < 1.29 is 4.74 Å². The van der Waals surface area contributed by atoms with Gasteiger partial charge < -0.3 is 10.1 Å². The van der Waals surface area contributed by atoms with Gasteiger partial charge in [0.15, 0.2) is 0 Å². The van der Waals surface area contributed by atoms with E-state index >= 15 is 0 Å². The highest BCUT2D eigenvalue weighted by molar-refractivity contribution is 7.09. The first-order valence-corrected chi connectivity index (χ1v) is 9.57. The highest BCUT2D eigenvalue weighted by Crippen LogP contribution is 2.32. The van der Waals surface area contributed by atoms with E-state index < -0.39 is 0 Å². The van der Waals surface area contributed by atoms with E-state index in [1.54, 1.807) is 11.3 Å². The number of benzene rings is 2. The summed E-state index contributed by atoms with van der Waals surface area (Å²) in [4.78, 5) is 4.81. The molecule has 3 rings (SSSR count). The first-order chi connectivity index (χ1) is 12.3. The maximum absolute atomic E-state index is 6.12. The Kier molecular flexibility index (Phi) is 6.20. The average molecular weight is 353 g/mol. The number of hydrogen-bond acceptors (Lipinski definition) is 4. The van der Waals surface area contributed by atoms with E-state index in [1.807, 2.05) is 25.2 Å². The molecule has 0 aliphatic rings. The van der Waals surface area contributed by atoms with Gasteiger partial charge in [0.1, 0.15) is 12.4 Å². The van der Waals surface area contributed by atoms with Crippen molar-refractivity contribution in [3.8, 4) is 17.0 Å². The molecule has 1 heterocycles. The molecule has 130 valence electrons. The molecule has 4 heteroatoms. The zero-order valence-corrected chi connectivity index (χ0v) is 15.6. The minimum atomic E-state index is 0.566. The van der Waals surface area contributed by atoms with Gasteiger partial charge in [0.05, 0.1) is 10.7 Å². The Hall–Kier alpha value is -2.17. The third-order valence-electron chi connectivity index (χ3n) is 4.11. The molecule has 0 bridgehead atoms. The van der Waals surface area contributed by atoms with Crippen molar-refractivity contribution in [2.24, 2.45) is 0 Å². The standard InChI is InChI=1S/C21H24N2OS/c1-3-16-9-10-20(24-14-17-7-5-4-6-8-17)18(13-16)19-15-25-21(23-19)11-12-22-2/h4-10,13,15,22H,3,11-12,14H2,1-2H3. The van der Waals surface area contributed by atoms with Gasteiger partial charge in [0, 0.05) is 23.9 Å². The zero-order valence-electron chi connectivity index (χ0n) is 14.8. The van der Waals surface area contributed by atoms with E-state index in [9.17, 15) is 0 Å². The van der Waals surface area contributed by atoms with Crippen molar-refractivity contribution in [3.05, 3.63) is 70.0 Å². The van der Waals surface area contributed by atoms with Crippen LogP contribution < -0.4 is 10.1 Å².